The number of benzene rings is 2. The number of para-hydroxylation sites is 1. The van der Waals surface area contributed by atoms with Crippen molar-refractivity contribution < 1.29 is 8.78 Å². The van der Waals surface area contributed by atoms with E-state index in [1.165, 1.54) is 0 Å². The van der Waals surface area contributed by atoms with Gasteiger partial charge in [-0.2, -0.15) is 8.78 Å². The number of nitrogens with zero attached hydrogens (tertiary/aromatic N) is 1. The van der Waals surface area contributed by atoms with Crippen molar-refractivity contribution in [2.24, 2.45) is 0 Å². The molecule has 0 bridgehead atoms. The summed E-state index contributed by atoms with van der Waals surface area (Å²) < 4.78 is 27.6. The first-order chi connectivity index (χ1) is 10.1. The van der Waals surface area contributed by atoms with E-state index in [1.807, 2.05) is 6.07 Å². The van der Waals surface area contributed by atoms with Crippen LogP contribution in [0.15, 0.2) is 47.4 Å². The van der Waals surface area contributed by atoms with Gasteiger partial charge in [-0.25, -0.2) is 0 Å². The van der Waals surface area contributed by atoms with E-state index in [-0.39, 0.29) is 0 Å². The van der Waals surface area contributed by atoms with Gasteiger partial charge in [-0.1, -0.05) is 35.5 Å². The van der Waals surface area contributed by atoms with Crippen molar-refractivity contribution in [3.63, 3.8) is 0 Å². The average Bonchev–Trinajstić information content (AvgIpc) is 2.74. The molecule has 21 heavy (non-hydrogen) atoms. The van der Waals surface area contributed by atoms with Crippen LogP contribution in [0.4, 0.5) is 8.78 Å². The molecule has 0 aliphatic carbocycles. The van der Waals surface area contributed by atoms with E-state index in [4.69, 9.17) is 23.8 Å². The highest BCUT2D eigenvalue weighted by atomic mass is 35.5. The van der Waals surface area contributed by atoms with Crippen LogP contribution in [0.3, 0.4) is 0 Å². The molecular formula is C14H9ClF2N2S2. The van der Waals surface area contributed by atoms with Crippen LogP contribution in [-0.2, 0) is 0 Å². The molecule has 3 rings (SSSR count). The molecule has 1 aromatic heterocycles. The number of alkyl halides is 2. The lowest BCUT2D eigenvalue weighted by Crippen LogP contribution is -1.97. The molecule has 0 fully saturated rings. The van der Waals surface area contributed by atoms with Gasteiger partial charge in [0.15, 0.2) is 4.77 Å². The first-order valence-electron chi connectivity index (χ1n) is 6.01. The van der Waals surface area contributed by atoms with Gasteiger partial charge >= 0.3 is 0 Å². The van der Waals surface area contributed by atoms with Crippen LogP contribution >= 0.6 is 35.6 Å². The highest BCUT2D eigenvalue weighted by Gasteiger charge is 2.14. The van der Waals surface area contributed by atoms with Crippen LogP contribution in [-0.4, -0.2) is 15.3 Å². The van der Waals surface area contributed by atoms with E-state index >= 15 is 0 Å². The predicted molar refractivity (Wildman–Crippen MR) is 85.3 cm³/mol. The fourth-order valence-corrected chi connectivity index (χ4v) is 3.25. The maximum Gasteiger partial charge on any atom is 0.288 e. The maximum absolute atomic E-state index is 12.7. The van der Waals surface area contributed by atoms with E-state index in [0.717, 1.165) is 11.0 Å². The number of aromatic amines is 1. The van der Waals surface area contributed by atoms with Crippen molar-refractivity contribution >= 4 is 46.6 Å². The zero-order valence-corrected chi connectivity index (χ0v) is 12.9. The number of nitrogens with one attached hydrogen (secondary N) is 1. The van der Waals surface area contributed by atoms with E-state index in [1.54, 1.807) is 41.0 Å². The Balaban J connectivity index is 2.28. The van der Waals surface area contributed by atoms with Crippen LogP contribution in [0.5, 0.6) is 0 Å². The van der Waals surface area contributed by atoms with Gasteiger partial charge in [-0.15, -0.1) is 0 Å². The summed E-state index contributed by atoms with van der Waals surface area (Å²) >= 11 is 11.8. The lowest BCUT2D eigenvalue weighted by Gasteiger charge is -2.10. The van der Waals surface area contributed by atoms with E-state index in [9.17, 15) is 8.78 Å². The van der Waals surface area contributed by atoms with Gasteiger partial charge in [0.25, 0.3) is 5.76 Å². The highest BCUT2D eigenvalue weighted by molar-refractivity contribution is 7.99. The van der Waals surface area contributed by atoms with Crippen molar-refractivity contribution in [3.05, 3.63) is 52.3 Å². The Morgan fingerprint density at radius 2 is 1.95 bits per heavy atom. The summed E-state index contributed by atoms with van der Waals surface area (Å²) in [5.74, 6) is -2.49. The van der Waals surface area contributed by atoms with Crippen molar-refractivity contribution in [2.75, 3.05) is 0 Å². The number of halogens is 3. The van der Waals surface area contributed by atoms with Gasteiger partial charge in [0.2, 0.25) is 0 Å². The van der Waals surface area contributed by atoms with Gasteiger partial charge in [0.05, 0.1) is 16.7 Å². The Morgan fingerprint density at radius 3 is 2.71 bits per heavy atom. The van der Waals surface area contributed by atoms with E-state index in [0.29, 0.717) is 32.1 Å². The summed E-state index contributed by atoms with van der Waals surface area (Å²) in [6.45, 7) is 0. The summed E-state index contributed by atoms with van der Waals surface area (Å²) in [7, 11) is 0. The Bertz CT molecular complexity index is 858. The number of imidazole rings is 1. The van der Waals surface area contributed by atoms with Gasteiger partial charge in [0.1, 0.15) is 0 Å². The van der Waals surface area contributed by atoms with Crippen LogP contribution in [0.1, 0.15) is 0 Å². The molecule has 0 aliphatic heterocycles. The number of aromatic nitrogens is 2. The number of rotatable bonds is 3. The predicted octanol–water partition coefficient (Wildman–Crippen LogP) is 5.66. The van der Waals surface area contributed by atoms with Crippen LogP contribution < -0.4 is 0 Å². The molecule has 0 spiro atoms. The van der Waals surface area contributed by atoms with E-state index in [2.05, 4.69) is 4.98 Å². The molecule has 0 saturated heterocycles. The fraction of sp³-hybridized carbons (Fsp3) is 0.0714. The molecule has 2 nitrogen and oxygen atoms in total. The Hall–Kier alpha value is -1.37. The largest absolute Gasteiger partial charge is 0.330 e. The normalized spacial score (nSPS) is 11.4. The molecule has 1 heterocycles. The molecule has 2 aromatic carbocycles. The SMILES string of the molecule is FC(F)Sc1ccccc1-n1c(=S)[nH]c2ccc(Cl)cc21. The Labute approximate surface area is 133 Å². The number of thioether (sulfide) groups is 1. The molecular weight excluding hydrogens is 334 g/mol. The molecule has 0 saturated carbocycles. The Morgan fingerprint density at radius 1 is 1.19 bits per heavy atom. The third kappa shape index (κ3) is 2.84. The zero-order chi connectivity index (χ0) is 15.0. The summed E-state index contributed by atoms with van der Waals surface area (Å²) in [6.07, 6.45) is 0. The quantitative estimate of drug-likeness (QED) is 0.490. The minimum absolute atomic E-state index is 0.439. The third-order valence-corrected chi connectivity index (χ3v) is 4.26. The summed E-state index contributed by atoms with van der Waals surface area (Å²) in [4.78, 5) is 3.52. The minimum Gasteiger partial charge on any atom is -0.330 e. The topological polar surface area (TPSA) is 20.7 Å². The molecule has 1 N–H and O–H groups in total. The van der Waals surface area contributed by atoms with Crippen molar-refractivity contribution in [1.82, 2.24) is 9.55 Å². The van der Waals surface area contributed by atoms with Crippen molar-refractivity contribution in [3.8, 4) is 5.69 Å². The summed E-state index contributed by atoms with van der Waals surface area (Å²) in [5, 5.41) is 0.559. The summed E-state index contributed by atoms with van der Waals surface area (Å²) in [5.41, 5.74) is 2.18. The molecule has 0 atom stereocenters. The zero-order valence-electron chi connectivity index (χ0n) is 10.5. The lowest BCUT2D eigenvalue weighted by atomic mass is 10.3. The first kappa shape index (κ1) is 14.6. The molecule has 7 heteroatoms. The smallest absolute Gasteiger partial charge is 0.288 e. The molecule has 0 aliphatic rings. The second-order valence-corrected chi connectivity index (χ2v) is 6.13. The molecule has 108 valence electrons. The second kappa shape index (κ2) is 5.79. The summed E-state index contributed by atoms with van der Waals surface area (Å²) in [6, 6.07) is 12.2. The molecule has 3 aromatic rings. The van der Waals surface area contributed by atoms with Crippen LogP contribution in [0, 0.1) is 4.77 Å². The average molecular weight is 343 g/mol. The highest BCUT2D eigenvalue weighted by Crippen LogP contribution is 2.33. The minimum atomic E-state index is -2.49. The van der Waals surface area contributed by atoms with E-state index < -0.39 is 5.76 Å². The lowest BCUT2D eigenvalue weighted by molar-refractivity contribution is 0.252. The first-order valence-corrected chi connectivity index (χ1v) is 7.67. The maximum atomic E-state index is 12.7. The third-order valence-electron chi connectivity index (χ3n) is 2.97. The second-order valence-electron chi connectivity index (χ2n) is 4.27. The van der Waals surface area contributed by atoms with Crippen LogP contribution in [0.2, 0.25) is 5.02 Å². The monoisotopic (exact) mass is 342 g/mol. The number of hydrogen-bond acceptors (Lipinski definition) is 2. The number of H-pyrrole nitrogens is 1. The van der Waals surface area contributed by atoms with Crippen LogP contribution in [0.25, 0.3) is 16.7 Å². The van der Waals surface area contributed by atoms with Gasteiger partial charge in [-0.05, 0) is 42.5 Å². The number of fused-ring (bicyclic) bond motifs is 1. The van der Waals surface area contributed by atoms with Gasteiger partial charge < -0.3 is 4.98 Å². The number of hydrogen-bond donors (Lipinski definition) is 1. The van der Waals surface area contributed by atoms with Gasteiger partial charge in [0, 0.05) is 9.92 Å². The van der Waals surface area contributed by atoms with Crippen molar-refractivity contribution in [1.29, 1.82) is 0 Å². The fourth-order valence-electron chi connectivity index (χ4n) is 2.15. The Kier molecular flexibility index (Phi) is 4.01. The molecule has 0 unspecified atom stereocenters. The molecule has 0 amide bonds. The van der Waals surface area contributed by atoms with Gasteiger partial charge in [-0.3, -0.25) is 4.57 Å². The standard InChI is InChI=1S/C14H9ClF2N2S2/c15-8-5-6-9-11(7-8)19(14(20)18-9)10-3-1-2-4-12(10)21-13(16)17/h1-7,13H,(H,18,20). The van der Waals surface area contributed by atoms with Crippen molar-refractivity contribution in [2.45, 2.75) is 10.7 Å². The molecule has 0 radical (unpaired) electrons.